The van der Waals surface area contributed by atoms with Crippen molar-refractivity contribution in [2.24, 2.45) is 5.73 Å². The van der Waals surface area contributed by atoms with Crippen LogP contribution in [0.3, 0.4) is 0 Å². The third-order valence-electron chi connectivity index (χ3n) is 2.05. The van der Waals surface area contributed by atoms with Crippen molar-refractivity contribution in [3.8, 4) is 11.8 Å². The van der Waals surface area contributed by atoms with Crippen molar-refractivity contribution in [2.45, 2.75) is 6.54 Å². The zero-order chi connectivity index (χ0) is 12.3. The fourth-order valence-electron chi connectivity index (χ4n) is 1.22. The van der Waals surface area contributed by atoms with Gasteiger partial charge >= 0.3 is 6.01 Å². The van der Waals surface area contributed by atoms with E-state index in [4.69, 9.17) is 22.1 Å². The summed E-state index contributed by atoms with van der Waals surface area (Å²) in [5.74, 6) is -0.110. The highest BCUT2D eigenvalue weighted by molar-refractivity contribution is 6.30. The lowest BCUT2D eigenvalue weighted by Gasteiger charge is -2.05. The van der Waals surface area contributed by atoms with Crippen molar-refractivity contribution in [1.29, 1.82) is 0 Å². The Morgan fingerprint density at radius 1 is 1.29 bits per heavy atom. The highest BCUT2D eigenvalue weighted by Gasteiger charge is 2.05. The van der Waals surface area contributed by atoms with Crippen LogP contribution in [0.2, 0.25) is 5.02 Å². The van der Waals surface area contributed by atoms with Gasteiger partial charge in [0.05, 0.1) is 17.4 Å². The number of nitrogens with zero attached hydrogens (tertiary/aromatic N) is 2. The van der Waals surface area contributed by atoms with E-state index in [0.717, 1.165) is 0 Å². The third kappa shape index (κ3) is 2.89. The smallest absolute Gasteiger partial charge is 0.321 e. The van der Waals surface area contributed by atoms with E-state index in [1.165, 1.54) is 18.5 Å². The second-order valence-corrected chi connectivity index (χ2v) is 3.68. The SMILES string of the molecule is NCc1ccc(Oc2ncc(Cl)cn2)cc1F. The second kappa shape index (κ2) is 5.07. The number of ether oxygens (including phenoxy) is 1. The monoisotopic (exact) mass is 253 g/mol. The van der Waals surface area contributed by atoms with Crippen LogP contribution >= 0.6 is 11.6 Å². The van der Waals surface area contributed by atoms with Gasteiger partial charge in [-0.15, -0.1) is 0 Å². The molecule has 0 unspecified atom stereocenters. The van der Waals surface area contributed by atoms with Crippen molar-refractivity contribution < 1.29 is 9.13 Å². The summed E-state index contributed by atoms with van der Waals surface area (Å²) in [5, 5.41) is 0.405. The molecule has 0 radical (unpaired) electrons. The van der Waals surface area contributed by atoms with E-state index in [2.05, 4.69) is 9.97 Å². The predicted octanol–water partition coefficient (Wildman–Crippen LogP) is 2.52. The zero-order valence-corrected chi connectivity index (χ0v) is 9.49. The van der Waals surface area contributed by atoms with Crippen LogP contribution < -0.4 is 10.5 Å². The van der Waals surface area contributed by atoms with Gasteiger partial charge in [0.25, 0.3) is 0 Å². The minimum Gasteiger partial charge on any atom is -0.424 e. The fourth-order valence-corrected chi connectivity index (χ4v) is 1.31. The molecule has 0 aliphatic rings. The number of hydrogen-bond acceptors (Lipinski definition) is 4. The molecule has 1 heterocycles. The molecule has 2 aromatic rings. The molecule has 6 heteroatoms. The lowest BCUT2D eigenvalue weighted by Crippen LogP contribution is -2.00. The Morgan fingerprint density at radius 3 is 2.59 bits per heavy atom. The molecule has 1 aromatic carbocycles. The van der Waals surface area contributed by atoms with E-state index in [1.54, 1.807) is 12.1 Å². The Bertz CT molecular complexity index is 519. The summed E-state index contributed by atoms with van der Waals surface area (Å²) in [6.45, 7) is 0.142. The molecule has 0 saturated heterocycles. The molecule has 0 aliphatic carbocycles. The summed E-state index contributed by atoms with van der Waals surface area (Å²) in [6.07, 6.45) is 2.79. The summed E-state index contributed by atoms with van der Waals surface area (Å²) in [4.78, 5) is 7.67. The molecule has 0 amide bonds. The maximum Gasteiger partial charge on any atom is 0.321 e. The van der Waals surface area contributed by atoms with E-state index < -0.39 is 5.82 Å². The highest BCUT2D eigenvalue weighted by atomic mass is 35.5. The number of hydrogen-bond donors (Lipinski definition) is 1. The van der Waals surface area contributed by atoms with Crippen LogP contribution in [0.5, 0.6) is 11.8 Å². The Morgan fingerprint density at radius 2 is 2.00 bits per heavy atom. The van der Waals surface area contributed by atoms with E-state index in [1.807, 2.05) is 0 Å². The minimum absolute atomic E-state index is 0.106. The first-order chi connectivity index (χ1) is 8.19. The van der Waals surface area contributed by atoms with Crippen LogP contribution in [0.15, 0.2) is 30.6 Å². The minimum atomic E-state index is -0.418. The molecular formula is C11H9ClFN3O. The molecule has 0 aliphatic heterocycles. The first-order valence-corrected chi connectivity index (χ1v) is 5.20. The van der Waals surface area contributed by atoms with Crippen molar-refractivity contribution in [3.63, 3.8) is 0 Å². The molecule has 0 spiro atoms. The number of benzene rings is 1. The van der Waals surface area contributed by atoms with Crippen molar-refractivity contribution in [1.82, 2.24) is 9.97 Å². The van der Waals surface area contributed by atoms with Gasteiger partial charge in [0.15, 0.2) is 0 Å². The van der Waals surface area contributed by atoms with Gasteiger partial charge in [-0.3, -0.25) is 0 Å². The van der Waals surface area contributed by atoms with Crippen LogP contribution in [-0.2, 0) is 6.54 Å². The summed E-state index contributed by atoms with van der Waals surface area (Å²) < 4.78 is 18.6. The summed E-state index contributed by atoms with van der Waals surface area (Å²) in [5.41, 5.74) is 5.78. The van der Waals surface area contributed by atoms with Crippen LogP contribution in [-0.4, -0.2) is 9.97 Å². The standard InChI is InChI=1S/C11H9ClFN3O/c12-8-5-15-11(16-6-8)17-9-2-1-7(4-14)10(13)3-9/h1-3,5-6H,4,14H2. The average Bonchev–Trinajstić information content (AvgIpc) is 2.32. The van der Waals surface area contributed by atoms with Crippen molar-refractivity contribution in [2.75, 3.05) is 0 Å². The van der Waals surface area contributed by atoms with E-state index in [-0.39, 0.29) is 12.6 Å². The Hall–Kier alpha value is -1.72. The molecule has 0 saturated carbocycles. The second-order valence-electron chi connectivity index (χ2n) is 3.24. The van der Waals surface area contributed by atoms with Gasteiger partial charge < -0.3 is 10.5 Å². The molecule has 4 nitrogen and oxygen atoms in total. The summed E-state index contributed by atoms with van der Waals surface area (Å²) in [7, 11) is 0. The largest absolute Gasteiger partial charge is 0.424 e. The van der Waals surface area contributed by atoms with Gasteiger partial charge in [0.2, 0.25) is 0 Å². The fraction of sp³-hybridized carbons (Fsp3) is 0.0909. The van der Waals surface area contributed by atoms with E-state index >= 15 is 0 Å². The number of aromatic nitrogens is 2. The topological polar surface area (TPSA) is 61.0 Å². The molecule has 0 atom stereocenters. The summed E-state index contributed by atoms with van der Waals surface area (Å²) in [6, 6.07) is 4.50. The van der Waals surface area contributed by atoms with Crippen molar-refractivity contribution >= 4 is 11.6 Å². The quantitative estimate of drug-likeness (QED) is 0.913. The lowest BCUT2D eigenvalue weighted by atomic mass is 10.2. The van der Waals surface area contributed by atoms with Gasteiger partial charge in [-0.1, -0.05) is 17.7 Å². The number of rotatable bonds is 3. The van der Waals surface area contributed by atoms with Gasteiger partial charge in [-0.2, -0.15) is 0 Å². The van der Waals surface area contributed by atoms with Gasteiger partial charge in [-0.25, -0.2) is 14.4 Å². The van der Waals surface area contributed by atoms with Crippen molar-refractivity contribution in [3.05, 3.63) is 47.0 Å². The maximum atomic E-state index is 13.4. The highest BCUT2D eigenvalue weighted by Crippen LogP contribution is 2.21. The van der Waals surface area contributed by atoms with E-state index in [0.29, 0.717) is 16.3 Å². The molecule has 0 bridgehead atoms. The predicted molar refractivity (Wildman–Crippen MR) is 61.4 cm³/mol. The Balaban J connectivity index is 2.19. The lowest BCUT2D eigenvalue weighted by molar-refractivity contribution is 0.437. The van der Waals surface area contributed by atoms with Gasteiger partial charge in [0, 0.05) is 18.2 Å². The molecule has 2 N–H and O–H groups in total. The number of nitrogens with two attached hydrogens (primary N) is 1. The Kier molecular flexibility index (Phi) is 3.51. The average molecular weight is 254 g/mol. The van der Waals surface area contributed by atoms with Gasteiger partial charge in [-0.05, 0) is 6.07 Å². The zero-order valence-electron chi connectivity index (χ0n) is 8.73. The molecule has 2 rings (SSSR count). The maximum absolute atomic E-state index is 13.4. The van der Waals surface area contributed by atoms with Crippen LogP contribution in [0.25, 0.3) is 0 Å². The first kappa shape index (κ1) is 11.8. The summed E-state index contributed by atoms with van der Waals surface area (Å²) >= 11 is 5.63. The van der Waals surface area contributed by atoms with E-state index in [9.17, 15) is 4.39 Å². The number of halogens is 2. The molecular weight excluding hydrogens is 245 g/mol. The molecule has 88 valence electrons. The Labute approximate surface area is 102 Å². The van der Waals surface area contributed by atoms with Gasteiger partial charge in [0.1, 0.15) is 11.6 Å². The molecule has 1 aromatic heterocycles. The normalized spacial score (nSPS) is 10.3. The third-order valence-corrected chi connectivity index (χ3v) is 2.25. The first-order valence-electron chi connectivity index (χ1n) is 4.83. The van der Waals surface area contributed by atoms with Crippen LogP contribution in [0.1, 0.15) is 5.56 Å². The van der Waals surface area contributed by atoms with Crippen LogP contribution in [0, 0.1) is 5.82 Å². The molecule has 0 fully saturated rings. The van der Waals surface area contributed by atoms with Crippen LogP contribution in [0.4, 0.5) is 4.39 Å². The molecule has 17 heavy (non-hydrogen) atoms.